The van der Waals surface area contributed by atoms with Crippen LogP contribution in [0.5, 0.6) is 0 Å². The molecule has 112 valence electrons. The molecule has 0 unspecified atom stereocenters. The summed E-state index contributed by atoms with van der Waals surface area (Å²) in [4.78, 5) is 12.3. The summed E-state index contributed by atoms with van der Waals surface area (Å²) < 4.78 is 2.06. The van der Waals surface area contributed by atoms with Gasteiger partial charge in [0, 0.05) is 29.8 Å². The van der Waals surface area contributed by atoms with Crippen molar-refractivity contribution in [3.8, 4) is 0 Å². The first kappa shape index (κ1) is 14.4. The second-order valence-electron chi connectivity index (χ2n) is 5.81. The number of para-hydroxylation sites is 1. The van der Waals surface area contributed by atoms with Gasteiger partial charge in [0.1, 0.15) is 0 Å². The maximum Gasteiger partial charge on any atom is 0.228 e. The number of carbonyl (C=O) groups excluding carboxylic acids is 1. The molecule has 0 bridgehead atoms. The number of aromatic nitrogens is 1. The summed E-state index contributed by atoms with van der Waals surface area (Å²) >= 11 is 0. The molecule has 0 atom stereocenters. The SMILES string of the molecule is Cc1ccc(NC(=O)Cc2cn(C)c3ccccc23)cc1C. The van der Waals surface area contributed by atoms with E-state index in [1.54, 1.807) is 0 Å². The summed E-state index contributed by atoms with van der Waals surface area (Å²) in [6, 6.07) is 14.1. The van der Waals surface area contributed by atoms with E-state index >= 15 is 0 Å². The van der Waals surface area contributed by atoms with Crippen LogP contribution in [0.4, 0.5) is 5.69 Å². The highest BCUT2D eigenvalue weighted by atomic mass is 16.1. The van der Waals surface area contributed by atoms with E-state index in [1.165, 1.54) is 11.1 Å². The van der Waals surface area contributed by atoms with Crippen LogP contribution in [0.2, 0.25) is 0 Å². The van der Waals surface area contributed by atoms with Crippen molar-refractivity contribution in [3.63, 3.8) is 0 Å². The summed E-state index contributed by atoms with van der Waals surface area (Å²) in [6.07, 6.45) is 2.42. The van der Waals surface area contributed by atoms with Gasteiger partial charge in [0.2, 0.25) is 5.91 Å². The van der Waals surface area contributed by atoms with E-state index in [1.807, 2.05) is 43.6 Å². The third-order valence-electron chi connectivity index (χ3n) is 4.12. The number of benzene rings is 2. The highest BCUT2D eigenvalue weighted by molar-refractivity contribution is 5.96. The standard InChI is InChI=1S/C19H20N2O/c1-13-8-9-16(10-14(13)2)20-19(22)11-15-12-21(3)18-7-5-4-6-17(15)18/h4-10,12H,11H2,1-3H3,(H,20,22). The number of nitrogens with zero attached hydrogens (tertiary/aromatic N) is 1. The van der Waals surface area contributed by atoms with Crippen LogP contribution in [-0.2, 0) is 18.3 Å². The number of hydrogen-bond donors (Lipinski definition) is 1. The molecule has 0 saturated carbocycles. The number of amides is 1. The predicted octanol–water partition coefficient (Wildman–Crippen LogP) is 3.98. The number of hydrogen-bond acceptors (Lipinski definition) is 1. The molecule has 3 heteroatoms. The fourth-order valence-corrected chi connectivity index (χ4v) is 2.76. The molecule has 2 aromatic carbocycles. The molecule has 0 aliphatic heterocycles. The third kappa shape index (κ3) is 2.75. The van der Waals surface area contributed by atoms with E-state index in [0.29, 0.717) is 6.42 Å². The molecule has 0 fully saturated rings. The molecule has 0 radical (unpaired) electrons. The van der Waals surface area contributed by atoms with Gasteiger partial charge < -0.3 is 9.88 Å². The number of anilines is 1. The van der Waals surface area contributed by atoms with E-state index in [4.69, 9.17) is 0 Å². The molecule has 1 N–H and O–H groups in total. The van der Waals surface area contributed by atoms with Crippen molar-refractivity contribution in [3.05, 3.63) is 65.4 Å². The smallest absolute Gasteiger partial charge is 0.228 e. The minimum atomic E-state index is 0.0135. The van der Waals surface area contributed by atoms with Crippen molar-refractivity contribution in [1.29, 1.82) is 0 Å². The summed E-state index contributed by atoms with van der Waals surface area (Å²) in [7, 11) is 2.01. The van der Waals surface area contributed by atoms with Crippen molar-refractivity contribution in [2.45, 2.75) is 20.3 Å². The Hall–Kier alpha value is -2.55. The first-order chi connectivity index (χ1) is 10.5. The fraction of sp³-hybridized carbons (Fsp3) is 0.211. The van der Waals surface area contributed by atoms with Gasteiger partial charge >= 0.3 is 0 Å². The van der Waals surface area contributed by atoms with Gasteiger partial charge in [-0.2, -0.15) is 0 Å². The Morgan fingerprint density at radius 2 is 1.86 bits per heavy atom. The lowest BCUT2D eigenvalue weighted by molar-refractivity contribution is -0.115. The molecule has 3 rings (SSSR count). The minimum Gasteiger partial charge on any atom is -0.350 e. The van der Waals surface area contributed by atoms with Crippen LogP contribution >= 0.6 is 0 Å². The van der Waals surface area contributed by atoms with Gasteiger partial charge in [0.05, 0.1) is 6.42 Å². The summed E-state index contributed by atoms with van der Waals surface area (Å²) in [5.74, 6) is 0.0135. The Kier molecular flexibility index (Phi) is 3.72. The van der Waals surface area contributed by atoms with E-state index in [9.17, 15) is 4.79 Å². The van der Waals surface area contributed by atoms with Gasteiger partial charge in [0.25, 0.3) is 0 Å². The van der Waals surface area contributed by atoms with Crippen molar-refractivity contribution in [2.75, 3.05) is 5.32 Å². The van der Waals surface area contributed by atoms with Gasteiger partial charge in [-0.25, -0.2) is 0 Å². The maximum atomic E-state index is 12.3. The molecule has 0 aliphatic rings. The predicted molar refractivity (Wildman–Crippen MR) is 91.2 cm³/mol. The first-order valence-corrected chi connectivity index (χ1v) is 7.44. The molecule has 1 amide bonds. The molecule has 0 spiro atoms. The van der Waals surface area contributed by atoms with E-state index in [-0.39, 0.29) is 5.91 Å². The molecule has 1 aromatic heterocycles. The van der Waals surface area contributed by atoms with Crippen molar-refractivity contribution < 1.29 is 4.79 Å². The van der Waals surface area contributed by atoms with Crippen LogP contribution in [-0.4, -0.2) is 10.5 Å². The quantitative estimate of drug-likeness (QED) is 0.778. The average Bonchev–Trinajstić information content (AvgIpc) is 2.80. The average molecular weight is 292 g/mol. The van der Waals surface area contributed by atoms with Gasteiger partial charge in [-0.15, -0.1) is 0 Å². The molecule has 22 heavy (non-hydrogen) atoms. The topological polar surface area (TPSA) is 34.0 Å². The van der Waals surface area contributed by atoms with Crippen LogP contribution in [0.15, 0.2) is 48.7 Å². The molecule has 0 aliphatic carbocycles. The fourth-order valence-electron chi connectivity index (χ4n) is 2.76. The van der Waals surface area contributed by atoms with Gasteiger partial charge in [-0.05, 0) is 48.7 Å². The Balaban J connectivity index is 1.80. The molecular weight excluding hydrogens is 272 g/mol. The number of carbonyl (C=O) groups is 1. The molecular formula is C19H20N2O. The zero-order valence-corrected chi connectivity index (χ0v) is 13.2. The number of rotatable bonds is 3. The van der Waals surface area contributed by atoms with Crippen molar-refractivity contribution in [1.82, 2.24) is 4.57 Å². The van der Waals surface area contributed by atoms with Crippen molar-refractivity contribution in [2.24, 2.45) is 7.05 Å². The molecule has 1 heterocycles. The zero-order chi connectivity index (χ0) is 15.7. The lowest BCUT2D eigenvalue weighted by atomic mass is 10.1. The zero-order valence-electron chi connectivity index (χ0n) is 13.2. The number of aryl methyl sites for hydroxylation is 3. The lowest BCUT2D eigenvalue weighted by Gasteiger charge is -2.07. The second kappa shape index (κ2) is 5.68. The highest BCUT2D eigenvalue weighted by Gasteiger charge is 2.10. The summed E-state index contributed by atoms with van der Waals surface area (Å²) in [5.41, 5.74) is 5.47. The number of fused-ring (bicyclic) bond motifs is 1. The van der Waals surface area contributed by atoms with Crippen LogP contribution < -0.4 is 5.32 Å². The van der Waals surface area contributed by atoms with Crippen LogP contribution in [0.1, 0.15) is 16.7 Å². The van der Waals surface area contributed by atoms with E-state index in [0.717, 1.165) is 22.2 Å². The molecule has 0 saturated heterocycles. The van der Waals surface area contributed by atoms with Crippen LogP contribution in [0, 0.1) is 13.8 Å². The van der Waals surface area contributed by atoms with Gasteiger partial charge in [0.15, 0.2) is 0 Å². The van der Waals surface area contributed by atoms with Crippen molar-refractivity contribution >= 4 is 22.5 Å². The summed E-state index contributed by atoms with van der Waals surface area (Å²) in [6.45, 7) is 4.12. The van der Waals surface area contributed by atoms with Crippen LogP contribution in [0.25, 0.3) is 10.9 Å². The minimum absolute atomic E-state index is 0.0135. The Labute approximate surface area is 130 Å². The summed E-state index contributed by atoms with van der Waals surface area (Å²) in [5, 5.41) is 4.12. The second-order valence-corrected chi connectivity index (χ2v) is 5.81. The number of nitrogens with one attached hydrogen (secondary N) is 1. The van der Waals surface area contributed by atoms with Gasteiger partial charge in [-0.1, -0.05) is 24.3 Å². The molecule has 3 nitrogen and oxygen atoms in total. The van der Waals surface area contributed by atoms with Crippen LogP contribution in [0.3, 0.4) is 0 Å². The monoisotopic (exact) mass is 292 g/mol. The Morgan fingerprint density at radius 3 is 2.64 bits per heavy atom. The molecule has 3 aromatic rings. The normalized spacial score (nSPS) is 10.9. The van der Waals surface area contributed by atoms with E-state index in [2.05, 4.69) is 35.9 Å². The maximum absolute atomic E-state index is 12.3. The lowest BCUT2D eigenvalue weighted by Crippen LogP contribution is -2.14. The Bertz CT molecular complexity index is 846. The largest absolute Gasteiger partial charge is 0.350 e. The Morgan fingerprint density at radius 1 is 1.09 bits per heavy atom. The van der Waals surface area contributed by atoms with E-state index < -0.39 is 0 Å². The highest BCUT2D eigenvalue weighted by Crippen LogP contribution is 2.21. The third-order valence-corrected chi connectivity index (χ3v) is 4.12. The van der Waals surface area contributed by atoms with Gasteiger partial charge in [-0.3, -0.25) is 4.79 Å². The first-order valence-electron chi connectivity index (χ1n) is 7.44.